The summed E-state index contributed by atoms with van der Waals surface area (Å²) >= 11 is 0. The van der Waals surface area contributed by atoms with Crippen LogP contribution in [0.25, 0.3) is 11.1 Å². The number of hydrogen-bond acceptors (Lipinski definition) is 1. The second-order valence-electron chi connectivity index (χ2n) is 3.53. The Morgan fingerprint density at radius 2 is 1.67 bits per heavy atom. The maximum atomic E-state index is 10.0. The zero-order valence-electron chi connectivity index (χ0n) is 8.77. The molecule has 0 atom stereocenters. The molecule has 0 bridgehead atoms. The zero-order valence-corrected chi connectivity index (χ0v) is 8.77. The Morgan fingerprint density at radius 1 is 0.933 bits per heavy atom. The first-order valence-electron chi connectivity index (χ1n) is 5.19. The number of aromatic hydroxyl groups is 1. The summed E-state index contributed by atoms with van der Waals surface area (Å²) in [5.41, 5.74) is 2.97. The van der Waals surface area contributed by atoms with E-state index in [4.69, 9.17) is 0 Å². The van der Waals surface area contributed by atoms with Gasteiger partial charge in [0.05, 0.1) is 0 Å². The maximum Gasteiger partial charge on any atom is 0.126 e. The van der Waals surface area contributed by atoms with Crippen LogP contribution in [0.5, 0.6) is 5.75 Å². The smallest absolute Gasteiger partial charge is 0.126 e. The minimum Gasteiger partial charge on any atom is -0.507 e. The van der Waals surface area contributed by atoms with Crippen LogP contribution in [0.3, 0.4) is 0 Å². The third kappa shape index (κ3) is 1.86. The fourth-order valence-corrected chi connectivity index (χ4v) is 1.73. The normalized spacial score (nSPS) is 10.2. The lowest BCUT2D eigenvalue weighted by Crippen LogP contribution is -1.85. The Kier molecular flexibility index (Phi) is 2.72. The largest absolute Gasteiger partial charge is 0.507 e. The molecule has 0 unspecified atom stereocenters. The summed E-state index contributed by atoms with van der Waals surface area (Å²) in [7, 11) is 0. The molecule has 15 heavy (non-hydrogen) atoms. The number of benzene rings is 2. The molecule has 0 saturated carbocycles. The molecular weight excluding hydrogens is 184 g/mol. The number of hydrogen-bond donors (Lipinski definition) is 1. The van der Waals surface area contributed by atoms with Gasteiger partial charge in [-0.05, 0) is 17.5 Å². The standard InChI is InChI=1S/C14H14O/c1-2-11-9-6-10-13(14(11)15)12-7-4-3-5-8-12/h3-10,15H,2H2,1H3. The van der Waals surface area contributed by atoms with Gasteiger partial charge in [0.2, 0.25) is 0 Å². The number of phenols is 1. The van der Waals surface area contributed by atoms with Gasteiger partial charge in [0.1, 0.15) is 5.75 Å². The van der Waals surface area contributed by atoms with Gasteiger partial charge in [0.25, 0.3) is 0 Å². The van der Waals surface area contributed by atoms with E-state index in [1.807, 2.05) is 55.5 Å². The minimum absolute atomic E-state index is 0.409. The third-order valence-electron chi connectivity index (χ3n) is 2.59. The Morgan fingerprint density at radius 3 is 2.33 bits per heavy atom. The van der Waals surface area contributed by atoms with Crippen LogP contribution in [0.15, 0.2) is 48.5 Å². The van der Waals surface area contributed by atoms with Gasteiger partial charge in [0.15, 0.2) is 0 Å². The summed E-state index contributed by atoms with van der Waals surface area (Å²) in [4.78, 5) is 0. The quantitative estimate of drug-likeness (QED) is 0.781. The Labute approximate surface area is 90.0 Å². The summed E-state index contributed by atoms with van der Waals surface area (Å²) in [5, 5.41) is 10.0. The Bertz CT molecular complexity index is 446. The average molecular weight is 198 g/mol. The van der Waals surface area contributed by atoms with Gasteiger partial charge < -0.3 is 5.11 Å². The molecule has 2 aromatic rings. The van der Waals surface area contributed by atoms with E-state index in [0.717, 1.165) is 23.1 Å². The Hall–Kier alpha value is -1.76. The van der Waals surface area contributed by atoms with Crippen LogP contribution in [-0.4, -0.2) is 5.11 Å². The number of para-hydroxylation sites is 1. The van der Waals surface area contributed by atoms with Crippen LogP contribution in [0.4, 0.5) is 0 Å². The van der Waals surface area contributed by atoms with E-state index < -0.39 is 0 Å². The van der Waals surface area contributed by atoms with Crippen molar-refractivity contribution < 1.29 is 5.11 Å². The monoisotopic (exact) mass is 198 g/mol. The lowest BCUT2D eigenvalue weighted by Gasteiger charge is -2.08. The van der Waals surface area contributed by atoms with Gasteiger partial charge >= 0.3 is 0 Å². The van der Waals surface area contributed by atoms with Crippen LogP contribution < -0.4 is 0 Å². The van der Waals surface area contributed by atoms with Crippen molar-refractivity contribution in [3.8, 4) is 16.9 Å². The van der Waals surface area contributed by atoms with Crippen molar-refractivity contribution in [2.75, 3.05) is 0 Å². The van der Waals surface area contributed by atoms with Crippen molar-refractivity contribution in [3.63, 3.8) is 0 Å². The van der Waals surface area contributed by atoms with Gasteiger partial charge in [-0.15, -0.1) is 0 Å². The molecule has 0 aliphatic carbocycles. The maximum absolute atomic E-state index is 10.0. The first-order valence-corrected chi connectivity index (χ1v) is 5.19. The van der Waals surface area contributed by atoms with E-state index in [2.05, 4.69) is 0 Å². The lowest BCUT2D eigenvalue weighted by atomic mass is 10.0. The van der Waals surface area contributed by atoms with E-state index in [1.165, 1.54) is 0 Å². The summed E-state index contributed by atoms with van der Waals surface area (Å²) in [5.74, 6) is 0.409. The molecule has 0 heterocycles. The molecule has 1 nitrogen and oxygen atoms in total. The SMILES string of the molecule is CCc1cccc(-c2ccccc2)c1O. The van der Waals surface area contributed by atoms with Crippen LogP contribution in [0.1, 0.15) is 12.5 Å². The highest BCUT2D eigenvalue weighted by atomic mass is 16.3. The number of phenolic OH excluding ortho intramolecular Hbond substituents is 1. The average Bonchev–Trinajstić information content (AvgIpc) is 2.30. The molecule has 0 aliphatic heterocycles. The molecule has 76 valence electrons. The molecular formula is C14H14O. The molecule has 1 heteroatoms. The molecule has 0 fully saturated rings. The summed E-state index contributed by atoms with van der Waals surface area (Å²) in [6.45, 7) is 2.05. The molecule has 2 rings (SSSR count). The predicted octanol–water partition coefficient (Wildman–Crippen LogP) is 3.62. The highest BCUT2D eigenvalue weighted by molar-refractivity contribution is 5.71. The van der Waals surface area contributed by atoms with Crippen LogP contribution >= 0.6 is 0 Å². The second kappa shape index (κ2) is 4.18. The van der Waals surface area contributed by atoms with Crippen molar-refractivity contribution in [3.05, 3.63) is 54.1 Å². The van der Waals surface area contributed by atoms with Crippen LogP contribution in [0.2, 0.25) is 0 Å². The van der Waals surface area contributed by atoms with Crippen LogP contribution in [0, 0.1) is 0 Å². The highest BCUT2D eigenvalue weighted by Crippen LogP contribution is 2.31. The zero-order chi connectivity index (χ0) is 10.7. The summed E-state index contributed by atoms with van der Waals surface area (Å²) in [6, 6.07) is 15.8. The first kappa shape index (κ1) is 9.78. The van der Waals surface area contributed by atoms with Crippen molar-refractivity contribution in [2.45, 2.75) is 13.3 Å². The molecule has 0 aromatic heterocycles. The van der Waals surface area contributed by atoms with Gasteiger partial charge in [-0.25, -0.2) is 0 Å². The van der Waals surface area contributed by atoms with E-state index in [0.29, 0.717) is 5.75 Å². The topological polar surface area (TPSA) is 20.2 Å². The minimum atomic E-state index is 0.409. The van der Waals surface area contributed by atoms with Crippen LogP contribution in [-0.2, 0) is 6.42 Å². The van der Waals surface area contributed by atoms with Gasteiger partial charge in [-0.2, -0.15) is 0 Å². The van der Waals surface area contributed by atoms with Gasteiger partial charge in [-0.3, -0.25) is 0 Å². The second-order valence-corrected chi connectivity index (χ2v) is 3.53. The van der Waals surface area contributed by atoms with E-state index in [-0.39, 0.29) is 0 Å². The summed E-state index contributed by atoms with van der Waals surface area (Å²) < 4.78 is 0. The third-order valence-corrected chi connectivity index (χ3v) is 2.59. The van der Waals surface area contributed by atoms with E-state index in [1.54, 1.807) is 0 Å². The van der Waals surface area contributed by atoms with Crippen molar-refractivity contribution in [1.29, 1.82) is 0 Å². The molecule has 0 saturated heterocycles. The number of aryl methyl sites for hydroxylation is 1. The lowest BCUT2D eigenvalue weighted by molar-refractivity contribution is 0.471. The predicted molar refractivity (Wildman–Crippen MR) is 62.9 cm³/mol. The molecule has 0 amide bonds. The van der Waals surface area contributed by atoms with E-state index in [9.17, 15) is 5.11 Å². The highest BCUT2D eigenvalue weighted by Gasteiger charge is 2.06. The van der Waals surface area contributed by atoms with Crippen molar-refractivity contribution in [1.82, 2.24) is 0 Å². The molecule has 1 N–H and O–H groups in total. The molecule has 0 aliphatic rings. The van der Waals surface area contributed by atoms with Crippen molar-refractivity contribution in [2.24, 2.45) is 0 Å². The van der Waals surface area contributed by atoms with E-state index >= 15 is 0 Å². The molecule has 0 radical (unpaired) electrons. The number of rotatable bonds is 2. The summed E-state index contributed by atoms with van der Waals surface area (Å²) in [6.07, 6.45) is 0.854. The molecule has 2 aromatic carbocycles. The Balaban J connectivity index is 2.54. The fraction of sp³-hybridized carbons (Fsp3) is 0.143. The molecule has 0 spiro atoms. The van der Waals surface area contributed by atoms with Crippen molar-refractivity contribution >= 4 is 0 Å². The fourth-order valence-electron chi connectivity index (χ4n) is 1.73. The first-order chi connectivity index (χ1) is 7.33. The van der Waals surface area contributed by atoms with Gasteiger partial charge in [0, 0.05) is 5.56 Å². The van der Waals surface area contributed by atoms with Gasteiger partial charge in [-0.1, -0.05) is 55.5 Å².